The Labute approximate surface area is 456 Å². The van der Waals surface area contributed by atoms with Crippen LogP contribution in [0.25, 0.3) is 0 Å². The van der Waals surface area contributed by atoms with Crippen molar-refractivity contribution in [1.29, 1.82) is 0 Å². The van der Waals surface area contributed by atoms with Crippen molar-refractivity contribution in [3.8, 4) is 0 Å². The van der Waals surface area contributed by atoms with Gasteiger partial charge in [-0.3, -0.25) is 14.4 Å². The third-order valence-electron chi connectivity index (χ3n) is 22.6. The van der Waals surface area contributed by atoms with Gasteiger partial charge in [0.15, 0.2) is 23.0 Å². The van der Waals surface area contributed by atoms with E-state index >= 15 is 0 Å². The molecule has 8 aliphatic carbocycles. The number of aromatic carboxylic acids is 1. The fourth-order valence-corrected chi connectivity index (χ4v) is 18.2. The second kappa shape index (κ2) is 22.8. The quantitative estimate of drug-likeness (QED) is 0.195. The Morgan fingerprint density at radius 2 is 0.960 bits per heavy atom. The molecule has 4 heterocycles. The van der Waals surface area contributed by atoms with Crippen LogP contribution in [-0.2, 0) is 22.7 Å². The summed E-state index contributed by atoms with van der Waals surface area (Å²) in [5.41, 5.74) is -0.0315. The predicted molar refractivity (Wildman–Crippen MR) is 294 cm³/mol. The van der Waals surface area contributed by atoms with Gasteiger partial charge < -0.3 is 25.5 Å². The lowest BCUT2D eigenvalue weighted by Gasteiger charge is -2.61. The molecule has 75 heavy (non-hydrogen) atoms. The van der Waals surface area contributed by atoms with Crippen LogP contribution in [0.4, 0.5) is 0 Å². The molecule has 12 rings (SSSR count). The highest BCUT2D eigenvalue weighted by Gasteiger charge is 2.63. The highest BCUT2D eigenvalue weighted by molar-refractivity contribution is 5.92. The standard InChI is InChI=1S/C28H42N4O3.C25H37N3O4.C3H7N.3CH4.ClH/c1-26(35)11-12-27(2)18(15-26)5-6-19-20-7-8-22(28(20,3)10-9-21(19)27)24(33)17-32-29-16-23(30-32)25(34)31-13-4-14-31;1-23(32)10-11-24(2)15(12-23)4-5-16-17-6-7-19(25(17,3)9-8-18(16)24)21(29)14-28-26-13-20(27-28)22(30)31;1-2-4-3-1;;;;/h16,18-22,35H,4-15,17H2,1-3H3;13,15-19,32H,4-12,14H2,1-3H3,(H,30,31);4H,1-3H2;3*1H4;1H/t18-,19+,20+,21+,22-,26-,27+,28+;15-,16+,17+,18+,19-,23-,24+,25+;;;;;/m11...../s1. The van der Waals surface area contributed by atoms with E-state index in [1.165, 1.54) is 80.0 Å². The largest absolute Gasteiger partial charge is 0.476 e. The second-order valence-corrected chi connectivity index (χ2v) is 26.6. The van der Waals surface area contributed by atoms with E-state index in [2.05, 4.69) is 53.4 Å². The van der Waals surface area contributed by atoms with Crippen molar-refractivity contribution in [1.82, 2.24) is 40.2 Å². The van der Waals surface area contributed by atoms with Crippen LogP contribution in [0, 0.1) is 80.8 Å². The number of carboxylic acid groups (broad SMARTS) is 1. The van der Waals surface area contributed by atoms with Crippen LogP contribution < -0.4 is 5.32 Å². The number of carbonyl (C=O) groups excluding carboxylic acids is 3. The summed E-state index contributed by atoms with van der Waals surface area (Å²) in [4.78, 5) is 54.8. The molecule has 16 atom stereocenters. The third kappa shape index (κ3) is 11.2. The summed E-state index contributed by atoms with van der Waals surface area (Å²) < 4.78 is 0. The zero-order chi connectivity index (χ0) is 50.3. The van der Waals surface area contributed by atoms with Gasteiger partial charge in [0.1, 0.15) is 13.1 Å². The summed E-state index contributed by atoms with van der Waals surface area (Å²) >= 11 is 0. The maximum atomic E-state index is 13.6. The molecular weight excluding hydrogens is 968 g/mol. The number of Topliss-reactive ketones (excluding diaryl/α,β-unsaturated/α-hetero) is 2. The van der Waals surface area contributed by atoms with Crippen LogP contribution in [0.1, 0.15) is 213 Å². The monoisotopic (exact) mass is 1070 g/mol. The van der Waals surface area contributed by atoms with Crippen LogP contribution in [0.3, 0.4) is 0 Å². The zero-order valence-electron chi connectivity index (χ0n) is 44.3. The molecule has 8 saturated carbocycles. The number of hydrogen-bond acceptors (Lipinski definition) is 11. The molecule has 2 aliphatic heterocycles. The molecule has 15 nitrogen and oxygen atoms in total. The first-order valence-corrected chi connectivity index (χ1v) is 28.2. The Balaban J connectivity index is 0.000000216. The van der Waals surface area contributed by atoms with Crippen LogP contribution in [0.5, 0.6) is 0 Å². The van der Waals surface area contributed by atoms with Crippen LogP contribution in [0.15, 0.2) is 12.4 Å². The number of carboxylic acids is 1. The molecule has 4 N–H and O–H groups in total. The van der Waals surface area contributed by atoms with Crippen LogP contribution in [0.2, 0.25) is 0 Å². The number of likely N-dealkylation sites (tertiary alicyclic amines) is 1. The number of rotatable bonds is 8. The van der Waals surface area contributed by atoms with E-state index in [0.717, 1.165) is 102 Å². The van der Waals surface area contributed by atoms with Gasteiger partial charge in [-0.2, -0.15) is 19.8 Å². The van der Waals surface area contributed by atoms with Gasteiger partial charge >= 0.3 is 5.97 Å². The number of ketones is 2. The van der Waals surface area contributed by atoms with E-state index in [0.29, 0.717) is 57.9 Å². The highest BCUT2D eigenvalue weighted by atomic mass is 35.5. The van der Waals surface area contributed by atoms with E-state index in [9.17, 15) is 29.4 Å². The fraction of sp³-hybridized carbons (Fsp3) is 0.864. The number of aromatic nitrogens is 6. The van der Waals surface area contributed by atoms with Gasteiger partial charge in [0.05, 0.1) is 23.6 Å². The normalized spacial score (nSPS) is 41.6. The summed E-state index contributed by atoms with van der Waals surface area (Å²) in [6.07, 6.45) is 24.8. The van der Waals surface area contributed by atoms with E-state index in [1.807, 2.05) is 13.8 Å². The van der Waals surface area contributed by atoms with E-state index < -0.39 is 17.2 Å². The molecule has 0 unspecified atom stereocenters. The SMILES string of the molecule is C.C.C.C1CNC1.C[C@@]1(O)CC[C@@]2(C)[C@H](CC[C@@H]3[C@@H]2CC[C@]2(C)[C@@H](C(=O)Cn4ncc(C(=O)N5CCC5)n4)CC[C@@H]32)C1.C[C@@]1(O)CC[C@@]2(C)[C@H](CC[C@@H]3[C@@H]2CC[C@]2(C)[C@@H](C(=O)Cn4ncc(C(=O)O)n4)CC[C@@H]32)C1.Cl. The lowest BCUT2D eigenvalue weighted by molar-refractivity contribution is -0.151. The van der Waals surface area contributed by atoms with Crippen LogP contribution in [-0.4, -0.2) is 111 Å². The molecule has 0 spiro atoms. The number of fused-ring (bicyclic) bond motifs is 10. The van der Waals surface area contributed by atoms with Crippen LogP contribution >= 0.6 is 12.4 Å². The van der Waals surface area contributed by atoms with Gasteiger partial charge in [0.2, 0.25) is 0 Å². The van der Waals surface area contributed by atoms with Crippen molar-refractivity contribution in [2.45, 2.75) is 217 Å². The van der Waals surface area contributed by atoms with E-state index in [4.69, 9.17) is 5.11 Å². The lowest BCUT2D eigenvalue weighted by atomic mass is 9.44. The summed E-state index contributed by atoms with van der Waals surface area (Å²) in [6, 6.07) is 0. The van der Waals surface area contributed by atoms with E-state index in [1.54, 1.807) is 4.90 Å². The Morgan fingerprint density at radius 1 is 0.560 bits per heavy atom. The average Bonchev–Trinajstić information content (AvgIpc) is 4.08. The molecule has 0 radical (unpaired) electrons. The Morgan fingerprint density at radius 3 is 1.33 bits per heavy atom. The first kappa shape index (κ1) is 61.0. The minimum atomic E-state index is -1.12. The van der Waals surface area contributed by atoms with Gasteiger partial charge in [0.25, 0.3) is 5.91 Å². The highest BCUT2D eigenvalue weighted by Crippen LogP contribution is 2.70. The number of halogens is 1. The summed E-state index contributed by atoms with van der Waals surface area (Å²) in [5.74, 6) is 4.52. The van der Waals surface area contributed by atoms with Gasteiger partial charge in [-0.1, -0.05) is 50.0 Å². The molecule has 10 aliphatic rings. The molecule has 424 valence electrons. The first-order chi connectivity index (χ1) is 33.6. The summed E-state index contributed by atoms with van der Waals surface area (Å²) in [6.45, 7) is 18.1. The number of amides is 1. The molecule has 16 heteroatoms. The molecule has 10 fully saturated rings. The Kier molecular flexibility index (Phi) is 18.6. The van der Waals surface area contributed by atoms with Crippen molar-refractivity contribution in [2.24, 2.45) is 80.8 Å². The first-order valence-electron chi connectivity index (χ1n) is 28.2. The molecule has 0 aromatic carbocycles. The lowest BCUT2D eigenvalue weighted by Crippen LogP contribution is -2.55. The fourth-order valence-electron chi connectivity index (χ4n) is 18.2. The third-order valence-corrected chi connectivity index (χ3v) is 22.6. The smallest absolute Gasteiger partial charge is 0.358 e. The van der Waals surface area contributed by atoms with Crippen molar-refractivity contribution in [3.05, 3.63) is 23.8 Å². The number of hydrogen-bond donors (Lipinski definition) is 4. The van der Waals surface area contributed by atoms with Gasteiger partial charge in [0, 0.05) is 24.9 Å². The number of nitrogens with one attached hydrogen (secondary N) is 1. The van der Waals surface area contributed by atoms with Gasteiger partial charge in [-0.25, -0.2) is 4.79 Å². The Hall–Kier alpha value is -3.27. The molecule has 2 aromatic rings. The molecule has 2 aromatic heterocycles. The van der Waals surface area contributed by atoms with Crippen molar-refractivity contribution in [3.63, 3.8) is 0 Å². The maximum absolute atomic E-state index is 13.6. The average molecular weight is 1070 g/mol. The van der Waals surface area contributed by atoms with Gasteiger partial charge in [-0.15, -0.1) is 22.6 Å². The molecule has 2 saturated heterocycles. The number of carbonyl (C=O) groups is 4. The topological polar surface area (TPSA) is 206 Å². The predicted octanol–water partition coefficient (Wildman–Crippen LogP) is 10.4. The van der Waals surface area contributed by atoms with Crippen molar-refractivity contribution >= 4 is 35.9 Å². The van der Waals surface area contributed by atoms with Gasteiger partial charge in [-0.05, 0) is 224 Å². The second-order valence-electron chi connectivity index (χ2n) is 26.6. The van der Waals surface area contributed by atoms with Crippen molar-refractivity contribution < 1.29 is 34.5 Å². The number of aliphatic hydroxyl groups is 2. The number of nitrogens with zero attached hydrogens (tertiary/aromatic N) is 7. The zero-order valence-corrected chi connectivity index (χ0v) is 45.1. The Bertz CT molecular complexity index is 2320. The summed E-state index contributed by atoms with van der Waals surface area (Å²) in [5, 5.41) is 50.2. The minimum Gasteiger partial charge on any atom is -0.476 e. The summed E-state index contributed by atoms with van der Waals surface area (Å²) in [7, 11) is 0. The van der Waals surface area contributed by atoms with E-state index in [-0.39, 0.29) is 93.6 Å². The minimum absolute atomic E-state index is 0. The molecule has 1 amide bonds. The molecular formula is C59H99ClN8O7. The van der Waals surface area contributed by atoms with Crippen molar-refractivity contribution in [2.75, 3.05) is 26.2 Å². The maximum Gasteiger partial charge on any atom is 0.358 e. The molecule has 0 bridgehead atoms.